The van der Waals surface area contributed by atoms with E-state index < -0.39 is 0 Å². The molecule has 0 unspecified atom stereocenters. The first-order valence-electron chi connectivity index (χ1n) is 6.58. The molecule has 0 saturated carbocycles. The van der Waals surface area contributed by atoms with E-state index in [2.05, 4.69) is 10.1 Å². The molecule has 3 rings (SSSR count). The van der Waals surface area contributed by atoms with Crippen LogP contribution in [0.25, 0.3) is 5.69 Å². The van der Waals surface area contributed by atoms with E-state index in [4.69, 9.17) is 11.6 Å². The minimum atomic E-state index is 0.369. The summed E-state index contributed by atoms with van der Waals surface area (Å²) in [5.41, 5.74) is 2.04. The topological polar surface area (TPSA) is 47.8 Å². The number of hydrogen-bond donors (Lipinski definition) is 0. The number of carbonyl (C=O) groups is 1. The highest BCUT2D eigenvalue weighted by Gasteiger charge is 2.13. The van der Waals surface area contributed by atoms with Gasteiger partial charge in [0.05, 0.1) is 10.7 Å². The van der Waals surface area contributed by atoms with Gasteiger partial charge in [0.25, 0.3) is 0 Å². The van der Waals surface area contributed by atoms with Gasteiger partial charge in [0, 0.05) is 22.9 Å². The standard InChI is InChI=1S/C16H12ClN3OS/c1-11-8-13(6-7-18-11)22-16-9-12(10-21)19-20(16)15-5-3-2-4-14(15)17/h2-10H,1H3. The molecule has 0 spiro atoms. The molecule has 3 aromatic rings. The molecule has 2 aromatic heterocycles. The Morgan fingerprint density at radius 1 is 1.23 bits per heavy atom. The maximum absolute atomic E-state index is 11.1. The van der Waals surface area contributed by atoms with Gasteiger partial charge in [-0.1, -0.05) is 35.5 Å². The van der Waals surface area contributed by atoms with Crippen LogP contribution in [0.1, 0.15) is 16.2 Å². The summed E-state index contributed by atoms with van der Waals surface area (Å²) in [5, 5.41) is 5.71. The zero-order chi connectivity index (χ0) is 15.5. The minimum absolute atomic E-state index is 0.369. The Bertz CT molecular complexity index is 832. The summed E-state index contributed by atoms with van der Waals surface area (Å²) in [6.45, 7) is 1.94. The molecule has 0 N–H and O–H groups in total. The number of pyridine rings is 1. The third kappa shape index (κ3) is 3.05. The van der Waals surface area contributed by atoms with E-state index in [1.807, 2.05) is 37.3 Å². The maximum Gasteiger partial charge on any atom is 0.170 e. The first kappa shape index (κ1) is 14.8. The number of hydrogen-bond acceptors (Lipinski definition) is 4. The molecule has 0 aliphatic heterocycles. The normalized spacial score (nSPS) is 10.6. The van der Waals surface area contributed by atoms with Crippen LogP contribution in [0, 0.1) is 6.92 Å². The fraction of sp³-hybridized carbons (Fsp3) is 0.0625. The predicted octanol–water partition coefficient (Wildman–Crippen LogP) is 4.19. The Balaban J connectivity index is 2.06. The summed E-state index contributed by atoms with van der Waals surface area (Å²) in [6.07, 6.45) is 2.49. The van der Waals surface area contributed by atoms with Gasteiger partial charge in [0.1, 0.15) is 10.7 Å². The Morgan fingerprint density at radius 2 is 2.05 bits per heavy atom. The molecule has 110 valence electrons. The lowest BCUT2D eigenvalue weighted by atomic mass is 10.3. The van der Waals surface area contributed by atoms with Gasteiger partial charge in [-0.05, 0) is 31.2 Å². The van der Waals surface area contributed by atoms with Gasteiger partial charge in [0.15, 0.2) is 6.29 Å². The van der Waals surface area contributed by atoms with Crippen LogP contribution in [0.2, 0.25) is 5.02 Å². The molecule has 0 saturated heterocycles. The van der Waals surface area contributed by atoms with Gasteiger partial charge < -0.3 is 0 Å². The number of aromatic nitrogens is 3. The monoisotopic (exact) mass is 329 g/mol. The molecule has 6 heteroatoms. The van der Waals surface area contributed by atoms with Crippen LogP contribution in [0.5, 0.6) is 0 Å². The average Bonchev–Trinajstić information content (AvgIpc) is 2.90. The summed E-state index contributed by atoms with van der Waals surface area (Å²) < 4.78 is 1.69. The van der Waals surface area contributed by atoms with E-state index >= 15 is 0 Å². The summed E-state index contributed by atoms with van der Waals surface area (Å²) in [5.74, 6) is 0. The molecule has 0 fully saturated rings. The Kier molecular flexibility index (Phi) is 4.27. The van der Waals surface area contributed by atoms with Gasteiger partial charge in [-0.15, -0.1) is 0 Å². The molecule has 2 heterocycles. The van der Waals surface area contributed by atoms with Crippen molar-refractivity contribution in [1.82, 2.24) is 14.8 Å². The van der Waals surface area contributed by atoms with E-state index in [0.29, 0.717) is 10.7 Å². The van der Waals surface area contributed by atoms with E-state index in [0.717, 1.165) is 27.6 Å². The average molecular weight is 330 g/mol. The number of halogens is 1. The second-order valence-corrected chi connectivity index (χ2v) is 6.12. The highest BCUT2D eigenvalue weighted by atomic mass is 35.5. The zero-order valence-corrected chi connectivity index (χ0v) is 13.3. The Hall–Kier alpha value is -2.11. The highest BCUT2D eigenvalue weighted by molar-refractivity contribution is 7.99. The lowest BCUT2D eigenvalue weighted by Crippen LogP contribution is -1.99. The van der Waals surface area contributed by atoms with Crippen LogP contribution < -0.4 is 0 Å². The second-order valence-electron chi connectivity index (χ2n) is 4.62. The van der Waals surface area contributed by atoms with Gasteiger partial charge >= 0.3 is 0 Å². The van der Waals surface area contributed by atoms with Crippen molar-refractivity contribution in [2.45, 2.75) is 16.8 Å². The summed E-state index contributed by atoms with van der Waals surface area (Å²) in [7, 11) is 0. The van der Waals surface area contributed by atoms with Gasteiger partial charge in [-0.3, -0.25) is 9.78 Å². The molecule has 0 amide bonds. The molecule has 0 atom stereocenters. The lowest BCUT2D eigenvalue weighted by molar-refractivity contribution is 0.111. The first-order valence-corrected chi connectivity index (χ1v) is 7.77. The van der Waals surface area contributed by atoms with Crippen LogP contribution in [-0.2, 0) is 0 Å². The van der Waals surface area contributed by atoms with Crippen molar-refractivity contribution in [3.8, 4) is 5.69 Å². The number of aldehydes is 1. The van der Waals surface area contributed by atoms with Gasteiger partial charge in [-0.25, -0.2) is 4.68 Å². The third-order valence-electron chi connectivity index (χ3n) is 2.99. The number of para-hydroxylation sites is 1. The molecule has 4 nitrogen and oxygen atoms in total. The van der Waals surface area contributed by atoms with Crippen molar-refractivity contribution >= 4 is 29.6 Å². The molecule has 22 heavy (non-hydrogen) atoms. The lowest BCUT2D eigenvalue weighted by Gasteiger charge is -2.08. The van der Waals surface area contributed by atoms with Crippen molar-refractivity contribution in [2.24, 2.45) is 0 Å². The minimum Gasteiger partial charge on any atom is -0.296 e. The smallest absolute Gasteiger partial charge is 0.170 e. The van der Waals surface area contributed by atoms with Crippen LogP contribution in [-0.4, -0.2) is 21.1 Å². The Morgan fingerprint density at radius 3 is 2.77 bits per heavy atom. The highest BCUT2D eigenvalue weighted by Crippen LogP contribution is 2.31. The predicted molar refractivity (Wildman–Crippen MR) is 87.1 cm³/mol. The van der Waals surface area contributed by atoms with Crippen LogP contribution in [0.4, 0.5) is 0 Å². The van der Waals surface area contributed by atoms with Gasteiger partial charge in [0.2, 0.25) is 0 Å². The number of carbonyl (C=O) groups excluding carboxylic acids is 1. The number of benzene rings is 1. The van der Waals surface area contributed by atoms with Crippen LogP contribution in [0.3, 0.4) is 0 Å². The summed E-state index contributed by atoms with van der Waals surface area (Å²) in [4.78, 5) is 16.3. The van der Waals surface area contributed by atoms with E-state index in [-0.39, 0.29) is 0 Å². The quantitative estimate of drug-likeness (QED) is 0.673. The molecule has 0 radical (unpaired) electrons. The van der Waals surface area contributed by atoms with Crippen molar-refractivity contribution in [2.75, 3.05) is 0 Å². The number of aryl methyl sites for hydroxylation is 1. The van der Waals surface area contributed by atoms with Crippen molar-refractivity contribution in [3.05, 3.63) is 65.1 Å². The van der Waals surface area contributed by atoms with Crippen LogP contribution >= 0.6 is 23.4 Å². The molecule has 1 aromatic carbocycles. The van der Waals surface area contributed by atoms with Gasteiger partial charge in [-0.2, -0.15) is 5.10 Å². The molecular weight excluding hydrogens is 318 g/mol. The second kappa shape index (κ2) is 6.34. The number of rotatable bonds is 4. The molecule has 0 bridgehead atoms. The van der Waals surface area contributed by atoms with E-state index in [9.17, 15) is 4.79 Å². The number of nitrogens with zero attached hydrogens (tertiary/aromatic N) is 3. The SMILES string of the molecule is Cc1cc(Sc2cc(C=O)nn2-c2ccccc2Cl)ccn1. The molecule has 0 aliphatic carbocycles. The van der Waals surface area contributed by atoms with Crippen molar-refractivity contribution < 1.29 is 4.79 Å². The summed E-state index contributed by atoms with van der Waals surface area (Å²) in [6, 6.07) is 13.0. The van der Waals surface area contributed by atoms with Crippen molar-refractivity contribution in [1.29, 1.82) is 0 Å². The van der Waals surface area contributed by atoms with E-state index in [1.165, 1.54) is 11.8 Å². The van der Waals surface area contributed by atoms with Crippen LogP contribution in [0.15, 0.2) is 58.6 Å². The first-order chi connectivity index (χ1) is 10.7. The zero-order valence-electron chi connectivity index (χ0n) is 11.7. The summed E-state index contributed by atoms with van der Waals surface area (Å²) >= 11 is 7.75. The third-order valence-corrected chi connectivity index (χ3v) is 4.30. The van der Waals surface area contributed by atoms with E-state index in [1.54, 1.807) is 23.0 Å². The fourth-order valence-electron chi connectivity index (χ4n) is 2.01. The molecule has 0 aliphatic rings. The maximum atomic E-state index is 11.1. The fourth-order valence-corrected chi connectivity index (χ4v) is 3.23. The largest absolute Gasteiger partial charge is 0.296 e. The Labute approximate surface area is 137 Å². The van der Waals surface area contributed by atoms with Crippen molar-refractivity contribution in [3.63, 3.8) is 0 Å². The molecular formula is C16H12ClN3OS.